The molecule has 2 nitrogen and oxygen atoms in total. The van der Waals surface area contributed by atoms with Crippen molar-refractivity contribution < 1.29 is 4.74 Å². The predicted molar refractivity (Wildman–Crippen MR) is 73.3 cm³/mol. The molecule has 0 bridgehead atoms. The Kier molecular flexibility index (Phi) is 6.23. The first kappa shape index (κ1) is 14.2. The zero-order valence-electron chi connectivity index (χ0n) is 11.3. The summed E-state index contributed by atoms with van der Waals surface area (Å²) in [6.45, 7) is 8.05. The summed E-state index contributed by atoms with van der Waals surface area (Å²) in [5.41, 5.74) is 10.2. The van der Waals surface area contributed by atoms with Crippen LogP contribution in [-0.2, 0) is 11.2 Å². The van der Waals surface area contributed by atoms with Crippen molar-refractivity contribution in [2.24, 2.45) is 5.73 Å². The largest absolute Gasteiger partial charge is 0.381 e. The molecule has 2 heteroatoms. The fourth-order valence-electron chi connectivity index (χ4n) is 2.02. The average molecular weight is 235 g/mol. The van der Waals surface area contributed by atoms with E-state index in [1.807, 2.05) is 0 Å². The first-order valence-electron chi connectivity index (χ1n) is 6.53. The minimum atomic E-state index is 0.201. The molecule has 0 aliphatic heterocycles. The molecule has 0 heterocycles. The lowest BCUT2D eigenvalue weighted by Crippen LogP contribution is -2.25. The van der Waals surface area contributed by atoms with Gasteiger partial charge >= 0.3 is 0 Å². The minimum Gasteiger partial charge on any atom is -0.381 e. The van der Waals surface area contributed by atoms with Gasteiger partial charge in [-0.2, -0.15) is 0 Å². The Morgan fingerprint density at radius 3 is 2.41 bits per heavy atom. The van der Waals surface area contributed by atoms with E-state index in [4.69, 9.17) is 10.5 Å². The van der Waals surface area contributed by atoms with Gasteiger partial charge in [0.05, 0.1) is 0 Å². The van der Waals surface area contributed by atoms with Gasteiger partial charge in [-0.3, -0.25) is 0 Å². The molecule has 0 amide bonds. The highest BCUT2D eigenvalue weighted by Gasteiger charge is 2.08. The van der Waals surface area contributed by atoms with Crippen LogP contribution in [0, 0.1) is 13.8 Å². The second kappa shape index (κ2) is 7.46. The van der Waals surface area contributed by atoms with Crippen LogP contribution in [0.25, 0.3) is 0 Å². The Labute approximate surface area is 105 Å². The number of nitrogens with two attached hydrogens (primary N) is 1. The normalized spacial score (nSPS) is 12.7. The summed E-state index contributed by atoms with van der Waals surface area (Å²) >= 11 is 0. The first-order chi connectivity index (χ1) is 8.15. The van der Waals surface area contributed by atoms with E-state index in [0.717, 1.165) is 32.5 Å². The summed E-state index contributed by atoms with van der Waals surface area (Å²) in [5, 5.41) is 0. The summed E-state index contributed by atoms with van der Waals surface area (Å²) < 4.78 is 5.47. The smallest absolute Gasteiger partial charge is 0.0480 e. The van der Waals surface area contributed by atoms with Crippen molar-refractivity contribution in [2.45, 2.75) is 46.1 Å². The predicted octanol–water partition coefficient (Wildman–Crippen LogP) is 2.99. The number of benzene rings is 1. The molecule has 96 valence electrons. The summed E-state index contributed by atoms with van der Waals surface area (Å²) in [4.78, 5) is 0. The summed E-state index contributed by atoms with van der Waals surface area (Å²) in [7, 11) is 0. The van der Waals surface area contributed by atoms with E-state index >= 15 is 0 Å². The van der Waals surface area contributed by atoms with Crippen LogP contribution in [0.4, 0.5) is 0 Å². The molecule has 17 heavy (non-hydrogen) atoms. The molecule has 0 saturated heterocycles. The molecule has 1 unspecified atom stereocenters. The molecule has 1 atom stereocenters. The van der Waals surface area contributed by atoms with Crippen LogP contribution in [0.1, 0.15) is 36.5 Å². The van der Waals surface area contributed by atoms with E-state index < -0.39 is 0 Å². The molecule has 1 rings (SSSR count). The van der Waals surface area contributed by atoms with Crippen molar-refractivity contribution in [3.63, 3.8) is 0 Å². The standard InChI is InChI=1S/C15H25NO/c1-4-9-17-10-8-14(16)11-15-12(2)6-5-7-13(15)3/h5-7,14H,4,8-11,16H2,1-3H3. The van der Waals surface area contributed by atoms with Crippen LogP contribution >= 0.6 is 0 Å². The lowest BCUT2D eigenvalue weighted by Gasteiger charge is -2.15. The van der Waals surface area contributed by atoms with Crippen molar-refractivity contribution in [3.05, 3.63) is 34.9 Å². The van der Waals surface area contributed by atoms with E-state index in [0.29, 0.717) is 0 Å². The Bertz CT molecular complexity index is 315. The zero-order valence-corrected chi connectivity index (χ0v) is 11.3. The van der Waals surface area contributed by atoms with Crippen molar-refractivity contribution in [2.75, 3.05) is 13.2 Å². The summed E-state index contributed by atoms with van der Waals surface area (Å²) in [5.74, 6) is 0. The maximum absolute atomic E-state index is 6.15. The molecule has 0 saturated carbocycles. The van der Waals surface area contributed by atoms with Crippen LogP contribution < -0.4 is 5.73 Å². The van der Waals surface area contributed by atoms with Crippen LogP contribution in [0.15, 0.2) is 18.2 Å². The Morgan fingerprint density at radius 2 is 1.82 bits per heavy atom. The molecule has 0 aliphatic rings. The first-order valence-corrected chi connectivity index (χ1v) is 6.53. The molecule has 0 aromatic heterocycles. The molecule has 0 radical (unpaired) electrons. The van der Waals surface area contributed by atoms with Crippen molar-refractivity contribution in [3.8, 4) is 0 Å². The molecule has 1 aromatic carbocycles. The highest BCUT2D eigenvalue weighted by molar-refractivity contribution is 5.34. The van der Waals surface area contributed by atoms with E-state index in [1.54, 1.807) is 0 Å². The molecular weight excluding hydrogens is 210 g/mol. The van der Waals surface area contributed by atoms with Crippen molar-refractivity contribution in [1.82, 2.24) is 0 Å². The number of hydrogen-bond donors (Lipinski definition) is 1. The van der Waals surface area contributed by atoms with Gasteiger partial charge in [0.15, 0.2) is 0 Å². The maximum atomic E-state index is 6.15. The van der Waals surface area contributed by atoms with E-state index in [-0.39, 0.29) is 6.04 Å². The van der Waals surface area contributed by atoms with Gasteiger partial charge in [0.25, 0.3) is 0 Å². The summed E-state index contributed by atoms with van der Waals surface area (Å²) in [6, 6.07) is 6.61. The second-order valence-electron chi connectivity index (χ2n) is 4.74. The van der Waals surface area contributed by atoms with Crippen molar-refractivity contribution in [1.29, 1.82) is 0 Å². The highest BCUT2D eigenvalue weighted by Crippen LogP contribution is 2.15. The van der Waals surface area contributed by atoms with Gasteiger partial charge in [0.1, 0.15) is 0 Å². The van der Waals surface area contributed by atoms with Crippen LogP contribution in [-0.4, -0.2) is 19.3 Å². The third-order valence-electron chi connectivity index (χ3n) is 3.09. The molecule has 0 aliphatic carbocycles. The highest BCUT2D eigenvalue weighted by atomic mass is 16.5. The number of rotatable bonds is 7. The lowest BCUT2D eigenvalue weighted by atomic mass is 9.96. The number of aryl methyl sites for hydroxylation is 2. The van der Waals surface area contributed by atoms with E-state index in [2.05, 4.69) is 39.0 Å². The van der Waals surface area contributed by atoms with Gasteiger partial charge in [0.2, 0.25) is 0 Å². The molecule has 1 aromatic rings. The van der Waals surface area contributed by atoms with Crippen LogP contribution in [0.3, 0.4) is 0 Å². The van der Waals surface area contributed by atoms with Gasteiger partial charge in [-0.25, -0.2) is 0 Å². The fourth-order valence-corrected chi connectivity index (χ4v) is 2.02. The molecular formula is C15H25NO. The second-order valence-corrected chi connectivity index (χ2v) is 4.74. The summed E-state index contributed by atoms with van der Waals surface area (Å²) in [6.07, 6.45) is 2.97. The van der Waals surface area contributed by atoms with Gasteiger partial charge in [-0.05, 0) is 49.8 Å². The number of hydrogen-bond acceptors (Lipinski definition) is 2. The van der Waals surface area contributed by atoms with Crippen molar-refractivity contribution >= 4 is 0 Å². The topological polar surface area (TPSA) is 35.2 Å². The van der Waals surface area contributed by atoms with E-state index in [1.165, 1.54) is 16.7 Å². The minimum absolute atomic E-state index is 0.201. The quantitative estimate of drug-likeness (QED) is 0.737. The fraction of sp³-hybridized carbons (Fsp3) is 0.600. The zero-order chi connectivity index (χ0) is 12.7. The maximum Gasteiger partial charge on any atom is 0.0480 e. The molecule has 0 spiro atoms. The average Bonchev–Trinajstić information content (AvgIpc) is 2.30. The molecule has 2 N–H and O–H groups in total. The third-order valence-corrected chi connectivity index (χ3v) is 3.09. The third kappa shape index (κ3) is 4.88. The monoisotopic (exact) mass is 235 g/mol. The lowest BCUT2D eigenvalue weighted by molar-refractivity contribution is 0.127. The Hall–Kier alpha value is -0.860. The van der Waals surface area contributed by atoms with Gasteiger partial charge in [-0.15, -0.1) is 0 Å². The van der Waals surface area contributed by atoms with Crippen LogP contribution in [0.2, 0.25) is 0 Å². The van der Waals surface area contributed by atoms with Crippen LogP contribution in [0.5, 0.6) is 0 Å². The SMILES string of the molecule is CCCOCCC(N)Cc1c(C)cccc1C. The van der Waals surface area contributed by atoms with Gasteiger partial charge < -0.3 is 10.5 Å². The Balaban J connectivity index is 2.42. The molecule has 0 fully saturated rings. The van der Waals surface area contributed by atoms with Gasteiger partial charge in [-0.1, -0.05) is 25.1 Å². The Morgan fingerprint density at radius 1 is 1.18 bits per heavy atom. The number of ether oxygens (including phenoxy) is 1. The van der Waals surface area contributed by atoms with E-state index in [9.17, 15) is 0 Å². The van der Waals surface area contributed by atoms with Gasteiger partial charge in [0, 0.05) is 19.3 Å².